The molecule has 0 saturated carbocycles. The number of anilines is 1. The molecule has 0 amide bonds. The van der Waals surface area contributed by atoms with Crippen LogP contribution in [-0.2, 0) is 6.54 Å². The van der Waals surface area contributed by atoms with Crippen LogP contribution in [0.4, 0.5) is 5.82 Å². The van der Waals surface area contributed by atoms with Crippen molar-refractivity contribution >= 4 is 5.82 Å². The molecule has 22 heavy (non-hydrogen) atoms. The van der Waals surface area contributed by atoms with Gasteiger partial charge < -0.3 is 4.90 Å². The first-order valence-corrected chi connectivity index (χ1v) is 7.86. The Morgan fingerprint density at radius 2 is 2.00 bits per heavy atom. The van der Waals surface area contributed by atoms with Gasteiger partial charge in [0.1, 0.15) is 12.1 Å². The van der Waals surface area contributed by atoms with Gasteiger partial charge in [-0.05, 0) is 32.8 Å². The van der Waals surface area contributed by atoms with Gasteiger partial charge in [-0.25, -0.2) is 9.97 Å². The summed E-state index contributed by atoms with van der Waals surface area (Å²) in [7, 11) is 2.14. The topological polar surface area (TPSA) is 60.9 Å². The SMILES string of the molecule is Cc1cc(N(C)C2CCN(Cc3cc(C)[nH]n3)CC2)ncn1. The summed E-state index contributed by atoms with van der Waals surface area (Å²) in [6, 6.07) is 4.73. The molecule has 0 bridgehead atoms. The maximum atomic E-state index is 4.39. The van der Waals surface area contributed by atoms with Crippen molar-refractivity contribution in [2.75, 3.05) is 25.0 Å². The van der Waals surface area contributed by atoms with E-state index < -0.39 is 0 Å². The lowest BCUT2D eigenvalue weighted by molar-refractivity contribution is 0.201. The average molecular weight is 300 g/mol. The van der Waals surface area contributed by atoms with Gasteiger partial charge in [-0.2, -0.15) is 5.10 Å². The fourth-order valence-corrected chi connectivity index (χ4v) is 3.07. The number of H-pyrrole nitrogens is 1. The quantitative estimate of drug-likeness (QED) is 0.934. The Labute approximate surface area is 131 Å². The van der Waals surface area contributed by atoms with Crippen LogP contribution in [0.5, 0.6) is 0 Å². The lowest BCUT2D eigenvalue weighted by Gasteiger charge is -2.37. The smallest absolute Gasteiger partial charge is 0.132 e. The molecule has 6 heteroatoms. The first kappa shape index (κ1) is 15.0. The molecule has 6 nitrogen and oxygen atoms in total. The van der Waals surface area contributed by atoms with Gasteiger partial charge in [0, 0.05) is 50.2 Å². The van der Waals surface area contributed by atoms with Crippen molar-refractivity contribution in [3.8, 4) is 0 Å². The zero-order valence-corrected chi connectivity index (χ0v) is 13.6. The molecule has 0 spiro atoms. The van der Waals surface area contributed by atoms with Gasteiger partial charge >= 0.3 is 0 Å². The third kappa shape index (κ3) is 3.44. The van der Waals surface area contributed by atoms with Crippen LogP contribution in [0.25, 0.3) is 0 Å². The molecule has 1 fully saturated rings. The number of aryl methyl sites for hydroxylation is 2. The Morgan fingerprint density at radius 3 is 2.64 bits per heavy atom. The molecule has 0 atom stereocenters. The lowest BCUT2D eigenvalue weighted by Crippen LogP contribution is -2.43. The normalized spacial score (nSPS) is 16.9. The largest absolute Gasteiger partial charge is 0.356 e. The standard InChI is InChI=1S/C16H24N6/c1-12-9-16(18-11-17-12)21(3)15-4-6-22(7-5-15)10-14-8-13(2)19-20-14/h8-9,11,15H,4-7,10H2,1-3H3,(H,19,20). The van der Waals surface area contributed by atoms with E-state index >= 15 is 0 Å². The van der Waals surface area contributed by atoms with E-state index in [9.17, 15) is 0 Å². The van der Waals surface area contributed by atoms with Gasteiger partial charge in [0.25, 0.3) is 0 Å². The van der Waals surface area contributed by atoms with Crippen molar-refractivity contribution in [3.63, 3.8) is 0 Å². The van der Waals surface area contributed by atoms with Crippen molar-refractivity contribution < 1.29 is 0 Å². The number of hydrogen-bond donors (Lipinski definition) is 1. The molecule has 3 rings (SSSR count). The highest BCUT2D eigenvalue weighted by Gasteiger charge is 2.23. The van der Waals surface area contributed by atoms with E-state index in [1.807, 2.05) is 13.8 Å². The molecular formula is C16H24N6. The Bertz CT molecular complexity index is 615. The molecule has 0 aliphatic carbocycles. The molecular weight excluding hydrogens is 276 g/mol. The lowest BCUT2D eigenvalue weighted by atomic mass is 10.0. The van der Waals surface area contributed by atoms with Gasteiger partial charge in [-0.1, -0.05) is 0 Å². The number of nitrogens with one attached hydrogen (secondary N) is 1. The van der Waals surface area contributed by atoms with Crippen molar-refractivity contribution in [3.05, 3.63) is 35.5 Å². The van der Waals surface area contributed by atoms with Crippen LogP contribution in [0.3, 0.4) is 0 Å². The van der Waals surface area contributed by atoms with Gasteiger partial charge in [-0.15, -0.1) is 0 Å². The molecule has 1 aliphatic rings. The van der Waals surface area contributed by atoms with E-state index in [1.54, 1.807) is 6.33 Å². The summed E-state index contributed by atoms with van der Waals surface area (Å²) in [6.07, 6.45) is 3.96. The second-order valence-electron chi connectivity index (χ2n) is 6.18. The van der Waals surface area contributed by atoms with Crippen molar-refractivity contribution in [2.45, 2.75) is 39.3 Å². The summed E-state index contributed by atoms with van der Waals surface area (Å²) in [4.78, 5) is 13.3. The molecule has 0 radical (unpaired) electrons. The molecule has 0 unspecified atom stereocenters. The Balaban J connectivity index is 1.55. The summed E-state index contributed by atoms with van der Waals surface area (Å²) in [5.41, 5.74) is 3.28. The first-order valence-electron chi connectivity index (χ1n) is 7.86. The van der Waals surface area contributed by atoms with E-state index in [-0.39, 0.29) is 0 Å². The maximum absolute atomic E-state index is 4.39. The zero-order chi connectivity index (χ0) is 15.5. The highest BCUT2D eigenvalue weighted by atomic mass is 15.2. The Hall–Kier alpha value is -1.95. The van der Waals surface area contributed by atoms with Crippen molar-refractivity contribution in [1.82, 2.24) is 25.1 Å². The van der Waals surface area contributed by atoms with Crippen LogP contribution in [0, 0.1) is 13.8 Å². The summed E-state index contributed by atoms with van der Waals surface area (Å²) in [5, 5.41) is 7.34. The van der Waals surface area contributed by atoms with Crippen LogP contribution < -0.4 is 4.90 Å². The second kappa shape index (κ2) is 6.44. The number of rotatable bonds is 4. The van der Waals surface area contributed by atoms with Gasteiger partial charge in [-0.3, -0.25) is 10.00 Å². The van der Waals surface area contributed by atoms with Crippen LogP contribution in [-0.4, -0.2) is 51.2 Å². The molecule has 118 valence electrons. The molecule has 1 N–H and O–H groups in total. The number of nitrogens with zero attached hydrogens (tertiary/aromatic N) is 5. The van der Waals surface area contributed by atoms with Crippen LogP contribution in [0.1, 0.15) is 29.9 Å². The van der Waals surface area contributed by atoms with E-state index in [1.165, 1.54) is 0 Å². The summed E-state index contributed by atoms with van der Waals surface area (Å²) in [5.74, 6) is 1.02. The van der Waals surface area contributed by atoms with Gasteiger partial charge in [0.05, 0.1) is 5.69 Å². The van der Waals surface area contributed by atoms with E-state index in [0.717, 1.165) is 55.4 Å². The van der Waals surface area contributed by atoms with Crippen LogP contribution in [0.15, 0.2) is 18.5 Å². The fraction of sp³-hybridized carbons (Fsp3) is 0.562. The van der Waals surface area contributed by atoms with E-state index in [4.69, 9.17) is 0 Å². The highest BCUT2D eigenvalue weighted by Crippen LogP contribution is 2.21. The molecule has 2 aromatic heterocycles. The third-order valence-corrected chi connectivity index (χ3v) is 4.40. The van der Waals surface area contributed by atoms with Crippen LogP contribution in [0.2, 0.25) is 0 Å². The third-order valence-electron chi connectivity index (χ3n) is 4.40. The Kier molecular flexibility index (Phi) is 4.38. The number of aromatic nitrogens is 4. The van der Waals surface area contributed by atoms with Crippen molar-refractivity contribution in [1.29, 1.82) is 0 Å². The molecule has 3 heterocycles. The molecule has 1 saturated heterocycles. The predicted octanol–water partition coefficient (Wildman–Crippen LogP) is 1.92. The number of aromatic amines is 1. The minimum Gasteiger partial charge on any atom is -0.356 e. The minimum atomic E-state index is 0.548. The fourth-order valence-electron chi connectivity index (χ4n) is 3.07. The summed E-state index contributed by atoms with van der Waals surface area (Å²) < 4.78 is 0. The van der Waals surface area contributed by atoms with Gasteiger partial charge in [0.2, 0.25) is 0 Å². The Morgan fingerprint density at radius 1 is 1.23 bits per heavy atom. The summed E-state index contributed by atoms with van der Waals surface area (Å²) in [6.45, 7) is 7.19. The zero-order valence-electron chi connectivity index (χ0n) is 13.6. The molecule has 2 aromatic rings. The predicted molar refractivity (Wildman–Crippen MR) is 86.8 cm³/mol. The number of likely N-dealkylation sites (tertiary alicyclic amines) is 1. The van der Waals surface area contributed by atoms with Gasteiger partial charge in [0.15, 0.2) is 0 Å². The maximum Gasteiger partial charge on any atom is 0.132 e. The first-order chi connectivity index (χ1) is 10.6. The van der Waals surface area contributed by atoms with Crippen molar-refractivity contribution in [2.24, 2.45) is 0 Å². The number of hydrogen-bond acceptors (Lipinski definition) is 5. The van der Waals surface area contributed by atoms with Crippen LogP contribution >= 0.6 is 0 Å². The molecule has 0 aromatic carbocycles. The average Bonchev–Trinajstić information content (AvgIpc) is 2.92. The highest BCUT2D eigenvalue weighted by molar-refractivity contribution is 5.39. The monoisotopic (exact) mass is 300 g/mol. The van der Waals surface area contributed by atoms with E-state index in [0.29, 0.717) is 6.04 Å². The molecule has 1 aliphatic heterocycles. The summed E-state index contributed by atoms with van der Waals surface area (Å²) >= 11 is 0. The second-order valence-corrected chi connectivity index (χ2v) is 6.18. The van der Waals surface area contributed by atoms with E-state index in [2.05, 4.69) is 49.1 Å². The number of piperidine rings is 1. The minimum absolute atomic E-state index is 0.548.